The van der Waals surface area contributed by atoms with Gasteiger partial charge in [-0.15, -0.1) is 0 Å². The number of methoxy groups -OCH3 is 1. The standard InChI is InChI=1S/C24H27N3O4/c1-29-21-8-10-23(11-9-21)31-24(28)17-26-15-19-4-5-20(16-26)27(19)12-13-30-22-6-2-18(14-25)3-7-22/h2-3,6-11,19-20H,4-5,12-13,15-17H2,1H3. The normalized spacial score (nSPS) is 20.8. The largest absolute Gasteiger partial charge is 0.497 e. The van der Waals surface area contributed by atoms with E-state index in [0.717, 1.165) is 44.0 Å². The third-order valence-corrected chi connectivity index (χ3v) is 5.95. The molecule has 2 fully saturated rings. The van der Waals surface area contributed by atoms with Crippen molar-refractivity contribution in [3.8, 4) is 23.3 Å². The summed E-state index contributed by atoms with van der Waals surface area (Å²) in [5, 5.41) is 8.87. The van der Waals surface area contributed by atoms with E-state index in [0.29, 0.717) is 36.5 Å². The highest BCUT2D eigenvalue weighted by Crippen LogP contribution is 2.30. The monoisotopic (exact) mass is 421 g/mol. The van der Waals surface area contributed by atoms with E-state index >= 15 is 0 Å². The molecule has 0 aromatic heterocycles. The molecule has 0 aliphatic carbocycles. The van der Waals surface area contributed by atoms with E-state index in [1.807, 2.05) is 12.1 Å². The molecule has 7 heteroatoms. The van der Waals surface area contributed by atoms with Gasteiger partial charge < -0.3 is 14.2 Å². The molecule has 0 N–H and O–H groups in total. The third kappa shape index (κ3) is 5.35. The van der Waals surface area contributed by atoms with Gasteiger partial charge in [-0.25, -0.2) is 0 Å². The van der Waals surface area contributed by atoms with Crippen molar-refractivity contribution in [1.29, 1.82) is 5.26 Å². The summed E-state index contributed by atoms with van der Waals surface area (Å²) in [6, 6.07) is 17.2. The molecule has 2 saturated heterocycles. The minimum absolute atomic E-state index is 0.234. The summed E-state index contributed by atoms with van der Waals surface area (Å²) in [6.45, 7) is 3.50. The Morgan fingerprint density at radius 1 is 1.00 bits per heavy atom. The molecule has 0 spiro atoms. The first-order valence-electron chi connectivity index (χ1n) is 10.6. The third-order valence-electron chi connectivity index (χ3n) is 5.95. The fourth-order valence-corrected chi connectivity index (χ4v) is 4.46. The maximum Gasteiger partial charge on any atom is 0.325 e. The minimum atomic E-state index is -0.234. The van der Waals surface area contributed by atoms with Crippen molar-refractivity contribution >= 4 is 5.97 Å². The lowest BCUT2D eigenvalue weighted by Crippen LogP contribution is -2.55. The fraction of sp³-hybridized carbons (Fsp3) is 0.417. The lowest BCUT2D eigenvalue weighted by atomic mass is 10.2. The molecule has 2 unspecified atom stereocenters. The van der Waals surface area contributed by atoms with Gasteiger partial charge in [-0.3, -0.25) is 14.6 Å². The molecule has 2 aliphatic rings. The zero-order valence-electron chi connectivity index (χ0n) is 17.7. The number of benzene rings is 2. The van der Waals surface area contributed by atoms with Crippen molar-refractivity contribution in [2.24, 2.45) is 0 Å². The Morgan fingerprint density at radius 3 is 2.23 bits per heavy atom. The van der Waals surface area contributed by atoms with E-state index in [1.54, 1.807) is 43.5 Å². The number of rotatable bonds is 8. The number of carbonyl (C=O) groups excluding carboxylic acids is 1. The van der Waals surface area contributed by atoms with Crippen LogP contribution in [0.3, 0.4) is 0 Å². The van der Waals surface area contributed by atoms with Crippen molar-refractivity contribution in [3.05, 3.63) is 54.1 Å². The number of nitriles is 1. The molecule has 162 valence electrons. The molecule has 2 atom stereocenters. The molecule has 4 rings (SSSR count). The van der Waals surface area contributed by atoms with Crippen LogP contribution in [0.2, 0.25) is 0 Å². The van der Waals surface area contributed by atoms with Gasteiger partial charge in [0.25, 0.3) is 0 Å². The Bertz CT molecular complexity index is 909. The van der Waals surface area contributed by atoms with Crippen molar-refractivity contribution in [1.82, 2.24) is 9.80 Å². The molecule has 2 aromatic carbocycles. The Morgan fingerprint density at radius 2 is 1.61 bits per heavy atom. The second kappa shape index (κ2) is 9.82. The lowest BCUT2D eigenvalue weighted by molar-refractivity contribution is -0.136. The molecule has 7 nitrogen and oxygen atoms in total. The summed E-state index contributed by atoms with van der Waals surface area (Å²) < 4.78 is 16.5. The van der Waals surface area contributed by atoms with Gasteiger partial charge in [-0.05, 0) is 61.4 Å². The van der Waals surface area contributed by atoms with Crippen LogP contribution in [0, 0.1) is 11.3 Å². The van der Waals surface area contributed by atoms with Crippen LogP contribution in [0.4, 0.5) is 0 Å². The Balaban J connectivity index is 1.22. The molecule has 0 amide bonds. The Kier molecular flexibility index (Phi) is 6.70. The van der Waals surface area contributed by atoms with Crippen LogP contribution < -0.4 is 14.2 Å². The van der Waals surface area contributed by atoms with Crippen LogP contribution in [-0.2, 0) is 4.79 Å². The molecule has 31 heavy (non-hydrogen) atoms. The van der Waals surface area contributed by atoms with E-state index in [9.17, 15) is 4.79 Å². The van der Waals surface area contributed by atoms with Gasteiger partial charge in [0, 0.05) is 31.7 Å². The second-order valence-electron chi connectivity index (χ2n) is 7.95. The van der Waals surface area contributed by atoms with Gasteiger partial charge in [0.05, 0.1) is 25.3 Å². The quantitative estimate of drug-likeness (QED) is 0.479. The maximum atomic E-state index is 12.4. The highest BCUT2D eigenvalue weighted by Gasteiger charge is 2.40. The molecular formula is C24H27N3O4. The van der Waals surface area contributed by atoms with Crippen LogP contribution in [0.15, 0.2) is 48.5 Å². The van der Waals surface area contributed by atoms with Crippen molar-refractivity contribution in [2.45, 2.75) is 24.9 Å². The van der Waals surface area contributed by atoms with Gasteiger partial charge in [0.1, 0.15) is 23.9 Å². The van der Waals surface area contributed by atoms with Crippen LogP contribution >= 0.6 is 0 Å². The van der Waals surface area contributed by atoms with Crippen molar-refractivity contribution in [2.75, 3.05) is 39.9 Å². The Hall–Kier alpha value is -3.08. The fourth-order valence-electron chi connectivity index (χ4n) is 4.46. The summed E-state index contributed by atoms with van der Waals surface area (Å²) in [6.07, 6.45) is 2.29. The summed E-state index contributed by atoms with van der Waals surface area (Å²) in [5.41, 5.74) is 0.632. The summed E-state index contributed by atoms with van der Waals surface area (Å²) in [4.78, 5) is 17.1. The van der Waals surface area contributed by atoms with Crippen molar-refractivity contribution < 1.29 is 19.0 Å². The summed E-state index contributed by atoms with van der Waals surface area (Å²) in [7, 11) is 1.61. The van der Waals surface area contributed by atoms with Gasteiger partial charge in [0.2, 0.25) is 0 Å². The summed E-state index contributed by atoms with van der Waals surface area (Å²) in [5.74, 6) is 1.82. The van der Waals surface area contributed by atoms with Gasteiger partial charge in [-0.2, -0.15) is 5.26 Å². The highest BCUT2D eigenvalue weighted by atomic mass is 16.5. The van der Waals surface area contributed by atoms with E-state index in [4.69, 9.17) is 19.5 Å². The van der Waals surface area contributed by atoms with E-state index in [2.05, 4.69) is 15.9 Å². The van der Waals surface area contributed by atoms with Gasteiger partial charge >= 0.3 is 5.97 Å². The molecule has 2 aromatic rings. The average Bonchev–Trinajstić information content (AvgIpc) is 3.02. The topological polar surface area (TPSA) is 75.0 Å². The number of nitrogens with zero attached hydrogens (tertiary/aromatic N) is 3. The van der Waals surface area contributed by atoms with Crippen LogP contribution in [0.5, 0.6) is 17.2 Å². The number of piperazine rings is 1. The predicted octanol–water partition coefficient (Wildman–Crippen LogP) is 2.70. The van der Waals surface area contributed by atoms with Gasteiger partial charge in [-0.1, -0.05) is 0 Å². The number of carbonyl (C=O) groups is 1. The first-order valence-corrected chi connectivity index (χ1v) is 10.6. The Labute approximate surface area is 182 Å². The zero-order valence-corrected chi connectivity index (χ0v) is 17.7. The summed E-state index contributed by atoms with van der Waals surface area (Å²) >= 11 is 0. The number of esters is 1. The van der Waals surface area contributed by atoms with Crippen LogP contribution in [0.25, 0.3) is 0 Å². The number of hydrogen-bond acceptors (Lipinski definition) is 7. The molecule has 0 radical (unpaired) electrons. The molecule has 2 heterocycles. The molecule has 0 saturated carbocycles. The molecule has 2 bridgehead atoms. The number of ether oxygens (including phenoxy) is 3. The number of hydrogen-bond donors (Lipinski definition) is 0. The van der Waals surface area contributed by atoms with E-state index in [-0.39, 0.29) is 5.97 Å². The minimum Gasteiger partial charge on any atom is -0.497 e. The molecule has 2 aliphatic heterocycles. The lowest BCUT2D eigenvalue weighted by Gasteiger charge is -2.40. The second-order valence-corrected chi connectivity index (χ2v) is 7.95. The smallest absolute Gasteiger partial charge is 0.325 e. The first kappa shape index (κ1) is 21.2. The number of fused-ring (bicyclic) bond motifs is 2. The predicted molar refractivity (Wildman–Crippen MR) is 115 cm³/mol. The van der Waals surface area contributed by atoms with Gasteiger partial charge in [0.15, 0.2) is 0 Å². The first-order chi connectivity index (χ1) is 15.1. The number of likely N-dealkylation sites (tertiary alicyclic amines) is 1. The van der Waals surface area contributed by atoms with E-state index in [1.165, 1.54) is 0 Å². The van der Waals surface area contributed by atoms with Crippen LogP contribution in [0.1, 0.15) is 18.4 Å². The highest BCUT2D eigenvalue weighted by molar-refractivity contribution is 5.74. The SMILES string of the molecule is COc1ccc(OC(=O)CN2CC3CCC(C2)N3CCOc2ccc(C#N)cc2)cc1. The van der Waals surface area contributed by atoms with E-state index < -0.39 is 0 Å². The molecular weight excluding hydrogens is 394 g/mol. The zero-order chi connectivity index (χ0) is 21.6. The van der Waals surface area contributed by atoms with Crippen LogP contribution in [-0.4, -0.2) is 67.7 Å². The van der Waals surface area contributed by atoms with Crippen molar-refractivity contribution in [3.63, 3.8) is 0 Å². The maximum absolute atomic E-state index is 12.4. The average molecular weight is 421 g/mol.